The van der Waals surface area contributed by atoms with Gasteiger partial charge < -0.3 is 36.8 Å². The summed E-state index contributed by atoms with van der Waals surface area (Å²) in [5.74, 6) is -3.21. The van der Waals surface area contributed by atoms with Crippen LogP contribution in [0.5, 0.6) is 0 Å². The van der Waals surface area contributed by atoms with E-state index in [2.05, 4.69) is 36.9 Å². The van der Waals surface area contributed by atoms with Crippen molar-refractivity contribution in [3.8, 4) is 0 Å². The molecule has 3 heterocycles. The number of hydrogen-bond acceptors (Lipinski definition) is 9. The quantitative estimate of drug-likeness (QED) is 0.143. The Hall–Kier alpha value is -5.64. The van der Waals surface area contributed by atoms with Gasteiger partial charge in [-0.15, -0.1) is 11.3 Å². The zero-order valence-corrected chi connectivity index (χ0v) is 39.7. The molecular weight excluding hydrogens is 831 g/mol. The Morgan fingerprint density at radius 2 is 1.55 bits per heavy atom. The van der Waals surface area contributed by atoms with E-state index in [-0.39, 0.29) is 48.4 Å². The van der Waals surface area contributed by atoms with Crippen molar-refractivity contribution in [2.45, 2.75) is 131 Å². The molecule has 16 heteroatoms. The van der Waals surface area contributed by atoms with Gasteiger partial charge in [-0.3, -0.25) is 33.8 Å². The first-order valence-electron chi connectivity index (χ1n) is 22.2. The SMILES string of the molecule is CC(C)[C@@H]1NC(=O)[C@@H]2[C@H](C)CCN2C(=O)CN/C(=N\C(C(=O)NC(C(=O)N[C@H](CC(=O)NCc2ccccc2)c2nccs2)[C@@H](C)c2ccccc2)C(C)(C)C)C(C(C)(C)C)NC1=O. The molecule has 3 unspecified atom stereocenters. The Bertz CT molecular complexity index is 2120. The van der Waals surface area contributed by atoms with Crippen LogP contribution in [0.15, 0.2) is 77.2 Å². The molecule has 346 valence electrons. The fraction of sp³-hybridized carbons (Fsp3) is 0.542. The molecule has 2 aliphatic rings. The van der Waals surface area contributed by atoms with Crippen LogP contribution in [0.25, 0.3) is 0 Å². The summed E-state index contributed by atoms with van der Waals surface area (Å²) in [6.45, 7) is 19.2. The second-order valence-corrected chi connectivity index (χ2v) is 20.5. The highest BCUT2D eigenvalue weighted by Gasteiger charge is 2.44. The van der Waals surface area contributed by atoms with Gasteiger partial charge in [0.1, 0.15) is 35.0 Å². The molecule has 2 aromatic carbocycles. The van der Waals surface area contributed by atoms with Crippen LogP contribution >= 0.6 is 11.3 Å². The van der Waals surface area contributed by atoms with E-state index in [1.54, 1.807) is 16.5 Å². The Balaban J connectivity index is 1.50. The molecule has 1 aromatic heterocycles. The lowest BCUT2D eigenvalue weighted by atomic mass is 9.83. The van der Waals surface area contributed by atoms with Crippen molar-refractivity contribution in [1.82, 2.24) is 41.8 Å². The Labute approximate surface area is 381 Å². The lowest BCUT2D eigenvalue weighted by molar-refractivity contribution is -0.140. The fourth-order valence-corrected chi connectivity index (χ4v) is 8.81. The number of nitrogens with zero attached hydrogens (tertiary/aromatic N) is 3. The van der Waals surface area contributed by atoms with E-state index in [9.17, 15) is 28.8 Å². The average molecular weight is 898 g/mol. The van der Waals surface area contributed by atoms with Gasteiger partial charge in [0.05, 0.1) is 25.0 Å². The van der Waals surface area contributed by atoms with Gasteiger partial charge in [0.15, 0.2) is 0 Å². The summed E-state index contributed by atoms with van der Waals surface area (Å²) in [4.78, 5) is 95.9. The number of thiazole rings is 1. The molecule has 2 aliphatic heterocycles. The predicted molar refractivity (Wildman–Crippen MR) is 249 cm³/mol. The van der Waals surface area contributed by atoms with Crippen molar-refractivity contribution in [3.63, 3.8) is 0 Å². The van der Waals surface area contributed by atoms with Crippen LogP contribution in [-0.2, 0) is 35.3 Å². The maximum Gasteiger partial charge on any atom is 0.246 e. The first-order valence-corrected chi connectivity index (χ1v) is 23.1. The first-order chi connectivity index (χ1) is 30.1. The Morgan fingerprint density at radius 1 is 0.891 bits per heavy atom. The molecule has 2 fully saturated rings. The van der Waals surface area contributed by atoms with Crippen LogP contribution < -0.4 is 31.9 Å². The first kappa shape index (κ1) is 49.4. The van der Waals surface area contributed by atoms with Gasteiger partial charge >= 0.3 is 0 Å². The maximum absolute atomic E-state index is 14.9. The highest BCUT2D eigenvalue weighted by atomic mass is 32.1. The Kier molecular flexibility index (Phi) is 16.5. The summed E-state index contributed by atoms with van der Waals surface area (Å²) in [7, 11) is 0. The topological polar surface area (TPSA) is 203 Å². The molecule has 2 saturated heterocycles. The van der Waals surface area contributed by atoms with E-state index >= 15 is 0 Å². The van der Waals surface area contributed by atoms with E-state index in [1.807, 2.05) is 130 Å². The van der Waals surface area contributed by atoms with Crippen LogP contribution in [-0.4, -0.2) is 94.5 Å². The number of benzene rings is 2. The van der Waals surface area contributed by atoms with Crippen molar-refractivity contribution in [3.05, 3.63) is 88.4 Å². The molecule has 0 spiro atoms. The van der Waals surface area contributed by atoms with Crippen LogP contribution in [0.1, 0.15) is 110 Å². The van der Waals surface area contributed by atoms with E-state index in [4.69, 9.17) is 4.99 Å². The largest absolute Gasteiger partial charge is 0.363 e. The van der Waals surface area contributed by atoms with Gasteiger partial charge in [-0.2, -0.15) is 0 Å². The summed E-state index contributed by atoms with van der Waals surface area (Å²) in [5.41, 5.74) is 0.177. The molecule has 3 aromatic rings. The molecular formula is C48H67N9O6S. The van der Waals surface area contributed by atoms with Crippen molar-refractivity contribution in [2.24, 2.45) is 27.7 Å². The number of nitrogens with one attached hydrogen (secondary N) is 6. The highest BCUT2D eigenvalue weighted by Crippen LogP contribution is 2.30. The van der Waals surface area contributed by atoms with Crippen LogP contribution in [0.4, 0.5) is 0 Å². The summed E-state index contributed by atoms with van der Waals surface area (Å²) < 4.78 is 0. The molecule has 0 aliphatic carbocycles. The molecule has 5 rings (SSSR count). The number of aromatic nitrogens is 1. The van der Waals surface area contributed by atoms with Crippen molar-refractivity contribution in [1.29, 1.82) is 0 Å². The lowest BCUT2D eigenvalue weighted by Crippen LogP contribution is -2.63. The zero-order chi connectivity index (χ0) is 46.9. The van der Waals surface area contributed by atoms with E-state index in [0.717, 1.165) is 11.1 Å². The van der Waals surface area contributed by atoms with E-state index in [0.29, 0.717) is 24.5 Å². The van der Waals surface area contributed by atoms with E-state index < -0.39 is 70.7 Å². The molecule has 64 heavy (non-hydrogen) atoms. The summed E-state index contributed by atoms with van der Waals surface area (Å²) >= 11 is 1.31. The molecule has 0 radical (unpaired) electrons. The van der Waals surface area contributed by atoms with Gasteiger partial charge in [0.25, 0.3) is 0 Å². The Morgan fingerprint density at radius 3 is 2.14 bits per heavy atom. The van der Waals surface area contributed by atoms with Crippen LogP contribution in [0.2, 0.25) is 0 Å². The van der Waals surface area contributed by atoms with Gasteiger partial charge in [0, 0.05) is 30.6 Å². The fourth-order valence-electron chi connectivity index (χ4n) is 8.12. The number of rotatable bonds is 13. The second-order valence-electron chi connectivity index (χ2n) is 19.6. The molecule has 0 saturated carbocycles. The molecule has 15 nitrogen and oxygen atoms in total. The summed E-state index contributed by atoms with van der Waals surface area (Å²) in [6, 6.07) is 13.3. The second kappa shape index (κ2) is 21.4. The normalized spacial score (nSPS) is 22.4. The standard InChI is InChI=1S/C48H67N9O6S/c1-28(2)36-42(60)56-39(47(5,6)7)41(51-27-35(59)57-23-21-29(3)38(57)44(62)53-36)55-40(48(8,9)10)45(63)54-37(30(4)32-19-15-12-16-20-32)43(61)52-33(46-49-22-24-64-46)25-34(58)50-26-31-17-13-11-14-18-31/h11-20,22,24,28-30,33,36-40H,21,23,25-27H2,1-10H3,(H,50,58)(H,51,55)(H,52,61)(H,53,62)(H,54,63)(H,56,60)/t29-,30+,33-,36+,37?,38+,39?,40?/m1/s1. The minimum Gasteiger partial charge on any atom is -0.363 e. The number of carbonyl (C=O) groups excluding carboxylic acids is 6. The maximum atomic E-state index is 14.9. The minimum absolute atomic E-state index is 0.0898. The highest BCUT2D eigenvalue weighted by molar-refractivity contribution is 7.09. The van der Waals surface area contributed by atoms with E-state index in [1.165, 1.54) is 11.3 Å². The molecule has 6 N–H and O–H groups in total. The van der Waals surface area contributed by atoms with Crippen molar-refractivity contribution < 1.29 is 28.8 Å². The third kappa shape index (κ3) is 12.8. The zero-order valence-electron chi connectivity index (χ0n) is 38.9. The molecule has 0 bridgehead atoms. The lowest BCUT2D eigenvalue weighted by Gasteiger charge is -2.38. The predicted octanol–water partition coefficient (Wildman–Crippen LogP) is 4.62. The number of amides is 6. The summed E-state index contributed by atoms with van der Waals surface area (Å²) in [6.07, 6.45) is 2.15. The van der Waals surface area contributed by atoms with Gasteiger partial charge in [0.2, 0.25) is 35.4 Å². The molecule has 8 atom stereocenters. The van der Waals surface area contributed by atoms with Crippen molar-refractivity contribution in [2.75, 3.05) is 13.1 Å². The van der Waals surface area contributed by atoms with Crippen molar-refractivity contribution >= 4 is 52.6 Å². The number of amidine groups is 1. The number of hydrogen-bond donors (Lipinski definition) is 6. The average Bonchev–Trinajstić information content (AvgIpc) is 3.92. The number of carbonyl (C=O) groups is 6. The third-order valence-electron chi connectivity index (χ3n) is 11.9. The molecule has 6 amide bonds. The number of fused-ring (bicyclic) bond motifs is 1. The smallest absolute Gasteiger partial charge is 0.246 e. The number of aliphatic imine (C=N–C) groups is 1. The third-order valence-corrected chi connectivity index (χ3v) is 12.8. The van der Waals surface area contributed by atoms with Crippen LogP contribution in [0.3, 0.4) is 0 Å². The van der Waals surface area contributed by atoms with Gasteiger partial charge in [-0.1, -0.05) is 130 Å². The summed E-state index contributed by atoms with van der Waals surface area (Å²) in [5, 5.41) is 20.6. The minimum atomic E-state index is -1.14. The van der Waals surface area contributed by atoms with Gasteiger partial charge in [-0.05, 0) is 40.2 Å². The van der Waals surface area contributed by atoms with Crippen LogP contribution in [0, 0.1) is 22.7 Å². The monoisotopic (exact) mass is 897 g/mol. The van der Waals surface area contributed by atoms with Gasteiger partial charge in [-0.25, -0.2) is 4.98 Å².